The van der Waals surface area contributed by atoms with E-state index in [1.165, 1.54) is 35.5 Å². The Morgan fingerprint density at radius 1 is 1.03 bits per heavy atom. The first-order chi connectivity index (χ1) is 14.7. The number of ether oxygens (including phenoxy) is 1. The fraction of sp³-hybridized carbons (Fsp3) is 0.591. The van der Waals surface area contributed by atoms with Gasteiger partial charge < -0.3 is 10.1 Å². The molecule has 1 saturated carbocycles. The maximum atomic E-state index is 12.8. The second-order valence-corrected chi connectivity index (χ2v) is 10.3. The zero-order valence-electron chi connectivity index (χ0n) is 18.0. The van der Waals surface area contributed by atoms with Crippen molar-refractivity contribution < 1.29 is 27.5 Å². The number of carbonyl (C=O) groups is 3. The van der Waals surface area contributed by atoms with Crippen molar-refractivity contribution in [3.8, 4) is 0 Å². The number of Topliss-reactive ketones (excluding diaryl/α,β-unsaturated/α-hetero) is 1. The molecule has 9 heteroatoms. The van der Waals surface area contributed by atoms with E-state index in [2.05, 4.69) is 5.32 Å². The minimum absolute atomic E-state index is 0.121. The third-order valence-electron chi connectivity index (χ3n) is 6.05. The standard InChI is InChI=1S/C22H30N2O6S/c1-15(25)17-7-9-20(10-8-17)31(28,29)24-13-11-18(12-14-24)22(27)30-16(2)21(26)23-19-5-3-4-6-19/h7-10,16,18-19H,3-6,11-14H2,1-2H3,(H,23,26)/t16-/m0/s1. The lowest BCUT2D eigenvalue weighted by Crippen LogP contribution is -2.43. The second-order valence-electron chi connectivity index (χ2n) is 8.33. The molecule has 1 heterocycles. The normalized spacial score (nSPS) is 19.7. The van der Waals surface area contributed by atoms with Gasteiger partial charge in [0.1, 0.15) is 0 Å². The van der Waals surface area contributed by atoms with Gasteiger partial charge in [0.15, 0.2) is 11.9 Å². The number of amides is 1. The van der Waals surface area contributed by atoms with Gasteiger partial charge in [-0.2, -0.15) is 4.31 Å². The van der Waals surface area contributed by atoms with Crippen molar-refractivity contribution in [2.45, 2.75) is 69.4 Å². The molecule has 1 aromatic rings. The predicted octanol–water partition coefficient (Wildman–Crippen LogP) is 2.28. The van der Waals surface area contributed by atoms with Crippen LogP contribution in [-0.2, 0) is 24.3 Å². The summed E-state index contributed by atoms with van der Waals surface area (Å²) in [4.78, 5) is 36.2. The molecule has 1 saturated heterocycles. The SMILES string of the molecule is CC(=O)c1ccc(S(=O)(=O)N2CCC(C(=O)O[C@@H](C)C(=O)NC3CCCC3)CC2)cc1. The summed E-state index contributed by atoms with van der Waals surface area (Å²) in [5.41, 5.74) is 0.450. The molecule has 1 aliphatic heterocycles. The van der Waals surface area contributed by atoms with Gasteiger partial charge in [-0.25, -0.2) is 8.42 Å². The number of hydrogen-bond acceptors (Lipinski definition) is 6. The Morgan fingerprint density at radius 3 is 2.16 bits per heavy atom. The van der Waals surface area contributed by atoms with E-state index in [0.29, 0.717) is 18.4 Å². The van der Waals surface area contributed by atoms with E-state index in [4.69, 9.17) is 4.74 Å². The molecule has 0 bridgehead atoms. The van der Waals surface area contributed by atoms with Crippen LogP contribution in [0, 0.1) is 5.92 Å². The van der Waals surface area contributed by atoms with Crippen LogP contribution in [0.25, 0.3) is 0 Å². The number of sulfonamides is 1. The summed E-state index contributed by atoms with van der Waals surface area (Å²) >= 11 is 0. The second kappa shape index (κ2) is 9.91. The first kappa shape index (κ1) is 23.4. The van der Waals surface area contributed by atoms with E-state index in [0.717, 1.165) is 25.7 Å². The molecule has 1 aliphatic carbocycles. The van der Waals surface area contributed by atoms with Crippen molar-refractivity contribution in [3.05, 3.63) is 29.8 Å². The fourth-order valence-electron chi connectivity index (χ4n) is 4.06. The van der Waals surface area contributed by atoms with Gasteiger partial charge in [-0.05, 0) is 51.7 Å². The van der Waals surface area contributed by atoms with Crippen LogP contribution in [0.2, 0.25) is 0 Å². The Morgan fingerprint density at radius 2 is 1.61 bits per heavy atom. The molecular formula is C22H30N2O6S. The van der Waals surface area contributed by atoms with Crippen molar-refractivity contribution in [1.29, 1.82) is 0 Å². The molecule has 3 rings (SSSR count). The molecule has 8 nitrogen and oxygen atoms in total. The highest BCUT2D eigenvalue weighted by molar-refractivity contribution is 7.89. The monoisotopic (exact) mass is 450 g/mol. The topological polar surface area (TPSA) is 110 Å². The van der Waals surface area contributed by atoms with Crippen molar-refractivity contribution in [2.24, 2.45) is 5.92 Å². The van der Waals surface area contributed by atoms with Crippen LogP contribution in [0.4, 0.5) is 0 Å². The summed E-state index contributed by atoms with van der Waals surface area (Å²) in [5, 5.41) is 2.92. The smallest absolute Gasteiger partial charge is 0.309 e. The maximum Gasteiger partial charge on any atom is 0.309 e. The van der Waals surface area contributed by atoms with E-state index in [-0.39, 0.29) is 35.7 Å². The molecule has 31 heavy (non-hydrogen) atoms. The molecular weight excluding hydrogens is 420 g/mol. The number of ketones is 1. The molecule has 1 atom stereocenters. The van der Waals surface area contributed by atoms with Crippen LogP contribution >= 0.6 is 0 Å². The summed E-state index contributed by atoms with van der Waals surface area (Å²) in [7, 11) is -3.70. The number of esters is 1. The van der Waals surface area contributed by atoms with Crippen LogP contribution in [0.5, 0.6) is 0 Å². The van der Waals surface area contributed by atoms with Gasteiger partial charge in [-0.1, -0.05) is 25.0 Å². The van der Waals surface area contributed by atoms with Crippen LogP contribution in [0.3, 0.4) is 0 Å². The van der Waals surface area contributed by atoms with Crippen LogP contribution in [0.15, 0.2) is 29.2 Å². The van der Waals surface area contributed by atoms with Gasteiger partial charge >= 0.3 is 5.97 Å². The van der Waals surface area contributed by atoms with E-state index < -0.39 is 28.0 Å². The molecule has 1 amide bonds. The molecule has 1 N–H and O–H groups in total. The Balaban J connectivity index is 1.51. The summed E-state index contributed by atoms with van der Waals surface area (Å²) < 4.78 is 32.4. The van der Waals surface area contributed by atoms with Crippen LogP contribution in [-0.4, -0.2) is 55.6 Å². The Bertz CT molecular complexity index is 914. The number of hydrogen-bond donors (Lipinski definition) is 1. The van der Waals surface area contributed by atoms with Crippen molar-refractivity contribution >= 4 is 27.7 Å². The van der Waals surface area contributed by atoms with E-state index in [9.17, 15) is 22.8 Å². The first-order valence-corrected chi connectivity index (χ1v) is 12.2. The van der Waals surface area contributed by atoms with Gasteiger partial charge in [0.05, 0.1) is 10.8 Å². The number of benzene rings is 1. The Hall–Kier alpha value is -2.26. The molecule has 0 aromatic heterocycles. The average molecular weight is 451 g/mol. The molecule has 2 fully saturated rings. The maximum absolute atomic E-state index is 12.8. The lowest BCUT2D eigenvalue weighted by molar-refractivity contribution is -0.160. The lowest BCUT2D eigenvalue weighted by atomic mass is 9.98. The average Bonchev–Trinajstić information content (AvgIpc) is 3.26. The number of nitrogens with zero attached hydrogens (tertiary/aromatic N) is 1. The highest BCUT2D eigenvalue weighted by Crippen LogP contribution is 2.25. The summed E-state index contributed by atoms with van der Waals surface area (Å²) in [5.74, 6) is -1.31. The third kappa shape index (κ3) is 5.71. The molecule has 0 spiro atoms. The van der Waals surface area contributed by atoms with Crippen molar-refractivity contribution in [2.75, 3.05) is 13.1 Å². The van der Waals surface area contributed by atoms with Crippen LogP contribution < -0.4 is 5.32 Å². The van der Waals surface area contributed by atoms with Crippen LogP contribution in [0.1, 0.15) is 62.7 Å². The van der Waals surface area contributed by atoms with Crippen molar-refractivity contribution in [3.63, 3.8) is 0 Å². The highest BCUT2D eigenvalue weighted by atomic mass is 32.2. The van der Waals surface area contributed by atoms with Crippen molar-refractivity contribution in [1.82, 2.24) is 9.62 Å². The summed E-state index contributed by atoms with van der Waals surface area (Å²) in [6.45, 7) is 3.37. The fourth-order valence-corrected chi connectivity index (χ4v) is 5.52. The van der Waals surface area contributed by atoms with E-state index in [1.54, 1.807) is 6.92 Å². The quantitative estimate of drug-likeness (QED) is 0.504. The van der Waals surface area contributed by atoms with Gasteiger partial charge in [0, 0.05) is 24.7 Å². The van der Waals surface area contributed by atoms with E-state index in [1.807, 2.05) is 0 Å². The zero-order chi connectivity index (χ0) is 22.6. The summed E-state index contributed by atoms with van der Waals surface area (Å²) in [6.07, 6.45) is 3.91. The van der Waals surface area contributed by atoms with E-state index >= 15 is 0 Å². The Labute approximate surface area is 183 Å². The predicted molar refractivity (Wildman–Crippen MR) is 114 cm³/mol. The minimum Gasteiger partial charge on any atom is -0.452 e. The van der Waals surface area contributed by atoms with Gasteiger partial charge in [-0.15, -0.1) is 0 Å². The molecule has 2 aliphatic rings. The highest BCUT2D eigenvalue weighted by Gasteiger charge is 2.34. The number of rotatable bonds is 7. The molecule has 0 unspecified atom stereocenters. The van der Waals surface area contributed by atoms with Gasteiger partial charge in [-0.3, -0.25) is 14.4 Å². The molecule has 0 radical (unpaired) electrons. The minimum atomic E-state index is -3.70. The van der Waals surface area contributed by atoms with Gasteiger partial charge in [0.25, 0.3) is 5.91 Å². The zero-order valence-corrected chi connectivity index (χ0v) is 18.8. The lowest BCUT2D eigenvalue weighted by Gasteiger charge is -2.30. The number of nitrogens with one attached hydrogen (secondary N) is 1. The molecule has 1 aromatic carbocycles. The Kier molecular flexibility index (Phi) is 7.48. The number of carbonyl (C=O) groups excluding carboxylic acids is 3. The molecule has 170 valence electrons. The number of piperidine rings is 1. The first-order valence-electron chi connectivity index (χ1n) is 10.8. The largest absolute Gasteiger partial charge is 0.452 e. The third-order valence-corrected chi connectivity index (χ3v) is 7.96. The summed E-state index contributed by atoms with van der Waals surface area (Å²) in [6, 6.07) is 6.01. The van der Waals surface area contributed by atoms with Gasteiger partial charge in [0.2, 0.25) is 10.0 Å².